The zero-order valence-corrected chi connectivity index (χ0v) is 49.2. The zero-order chi connectivity index (χ0) is 58.7. The molecule has 4 saturated heterocycles. The summed E-state index contributed by atoms with van der Waals surface area (Å²) >= 11 is 6.95. The topological polar surface area (TPSA) is 176 Å². The van der Waals surface area contributed by atoms with Crippen LogP contribution in [-0.2, 0) is 19.2 Å². The SMILES string of the molecule is C.Cc1ccc(/C=C2\CSC/C(=C\c3ccc([N+](=O)[O-])c(O)c3)C2=O)cc1O.Cc1ccc(/C=C2\CSCCC2=O)cc1O.Cc1cccc(/C=C2\CSCCC2=O)c1.[C-]#[N+]c1cccc(/C=C2\CSC/C(=C\c3cccc(C)c3)C2=O)c1. The van der Waals surface area contributed by atoms with Crippen LogP contribution in [0.3, 0.4) is 0 Å². The number of Topliss-reactive ketones (excluding diaryl/α,β-unsaturated/α-hetero) is 4. The normalized spacial score (nSPS) is 18.1. The van der Waals surface area contributed by atoms with Crippen LogP contribution in [0.4, 0.5) is 11.4 Å². The molecule has 0 amide bonds. The number of ketones is 4. The molecule has 11 nitrogen and oxygen atoms in total. The van der Waals surface area contributed by atoms with Crippen LogP contribution in [-0.4, -0.2) is 89.4 Å². The van der Waals surface area contributed by atoms with Gasteiger partial charge in [-0.3, -0.25) is 29.3 Å². The largest absolute Gasteiger partial charge is 0.508 e. The number of carbonyl (C=O) groups is 4. The first-order valence-corrected chi connectivity index (χ1v) is 30.9. The van der Waals surface area contributed by atoms with Gasteiger partial charge in [0.25, 0.3) is 0 Å². The zero-order valence-electron chi connectivity index (χ0n) is 46.0. The quantitative estimate of drug-likeness (QED) is 0.0596. The number of hydrogen-bond donors (Lipinski definition) is 3. The maximum absolute atomic E-state index is 12.8. The second-order valence-electron chi connectivity index (χ2n) is 19.7. The van der Waals surface area contributed by atoms with E-state index >= 15 is 0 Å². The molecule has 0 bridgehead atoms. The van der Waals surface area contributed by atoms with Crippen molar-refractivity contribution in [3.8, 4) is 17.2 Å². The average molecular weight is 1180 g/mol. The molecule has 426 valence electrons. The lowest BCUT2D eigenvalue weighted by atomic mass is 10.00. The van der Waals surface area contributed by atoms with Crippen molar-refractivity contribution in [1.29, 1.82) is 0 Å². The molecule has 4 aliphatic heterocycles. The number of aromatic hydroxyl groups is 3. The number of nitrogens with zero attached hydrogens (tertiary/aromatic N) is 2. The second kappa shape index (κ2) is 31.5. The molecule has 4 aliphatic rings. The molecular weight excluding hydrogens is 1120 g/mol. The summed E-state index contributed by atoms with van der Waals surface area (Å²) in [6.07, 6.45) is 12.5. The van der Waals surface area contributed by atoms with Gasteiger partial charge in [-0.25, -0.2) is 4.85 Å². The van der Waals surface area contributed by atoms with E-state index in [9.17, 15) is 44.6 Å². The van der Waals surface area contributed by atoms with E-state index in [0.29, 0.717) is 58.3 Å². The standard InChI is InChI=1S/C21H17NOS.C20H17NO5S.C13H14O2S.C13H14OS.CH4/c1-15-5-3-6-16(9-15)10-18-13-24-14-19(21(18)23)11-17-7-4-8-20(12-17)22-2;1-12-2-3-13(8-18(12)22)6-15-10-27-11-16(20(15)24)7-14-4-5-17(21(25)26)19(23)9-14;1-9-2-3-10(7-13(9)15)6-11-8-16-5-4-12(11)14;1-10-3-2-4-11(7-10)8-12-9-15-6-5-13(12)14;/h3-12H,13-14H2,1H3;2-9,22-23H,10-11H2,1H3;2-3,6-7,15H,4-5,8H2,1H3;2-4,7-8H,5-6,9H2,1H3;1H4/b18-10+,19-11+;15-6+,16-7+;11-6+;12-8+;. The molecule has 0 spiro atoms. The summed E-state index contributed by atoms with van der Waals surface area (Å²) < 4.78 is 0. The van der Waals surface area contributed by atoms with Crippen LogP contribution in [0.15, 0.2) is 161 Å². The lowest BCUT2D eigenvalue weighted by Gasteiger charge is -2.16. The number of aryl methyl sites for hydroxylation is 4. The van der Waals surface area contributed by atoms with Crippen LogP contribution in [0.1, 0.15) is 75.9 Å². The number of hydrogen-bond acceptors (Lipinski definition) is 13. The van der Waals surface area contributed by atoms with Crippen LogP contribution in [0.2, 0.25) is 0 Å². The summed E-state index contributed by atoms with van der Waals surface area (Å²) in [4.78, 5) is 62.3. The molecule has 0 atom stereocenters. The Morgan fingerprint density at radius 3 is 1.17 bits per heavy atom. The van der Waals surface area contributed by atoms with Crippen molar-refractivity contribution in [2.24, 2.45) is 0 Å². The van der Waals surface area contributed by atoms with Crippen molar-refractivity contribution in [3.63, 3.8) is 0 Å². The highest BCUT2D eigenvalue weighted by molar-refractivity contribution is 8.00. The van der Waals surface area contributed by atoms with Gasteiger partial charge in [0, 0.05) is 98.4 Å². The van der Waals surface area contributed by atoms with Crippen LogP contribution in [0, 0.1) is 44.4 Å². The minimum absolute atomic E-state index is 0. The fourth-order valence-corrected chi connectivity index (χ4v) is 12.5. The number of rotatable bonds is 7. The van der Waals surface area contributed by atoms with Gasteiger partial charge in [0.1, 0.15) is 11.5 Å². The number of benzene rings is 6. The molecule has 0 saturated carbocycles. The molecule has 0 aromatic heterocycles. The van der Waals surface area contributed by atoms with Gasteiger partial charge in [-0.2, -0.15) is 47.0 Å². The van der Waals surface area contributed by atoms with Crippen LogP contribution in [0.5, 0.6) is 17.2 Å². The Bertz CT molecular complexity index is 3660. The molecule has 0 aliphatic carbocycles. The highest BCUT2D eigenvalue weighted by atomic mass is 32.2. The van der Waals surface area contributed by atoms with E-state index in [1.807, 2.05) is 104 Å². The summed E-state index contributed by atoms with van der Waals surface area (Å²) in [7, 11) is 0. The van der Waals surface area contributed by atoms with E-state index in [0.717, 1.165) is 90.0 Å². The minimum atomic E-state index is -0.661. The first-order chi connectivity index (χ1) is 39.4. The Hall–Kier alpha value is -7.87. The van der Waals surface area contributed by atoms with Gasteiger partial charge in [0.15, 0.2) is 34.6 Å². The third-order valence-electron chi connectivity index (χ3n) is 13.2. The van der Waals surface area contributed by atoms with E-state index in [4.69, 9.17) is 6.57 Å². The number of phenols is 3. The van der Waals surface area contributed by atoms with E-state index < -0.39 is 10.7 Å². The van der Waals surface area contributed by atoms with Crippen molar-refractivity contribution in [1.82, 2.24) is 0 Å². The monoisotopic (exact) mass is 1180 g/mol. The minimum Gasteiger partial charge on any atom is -0.508 e. The molecule has 4 fully saturated rings. The number of nitro benzene ring substituents is 1. The third-order valence-corrected chi connectivity index (χ3v) is 17.2. The second-order valence-corrected chi connectivity index (χ2v) is 23.9. The van der Waals surface area contributed by atoms with Crippen molar-refractivity contribution in [3.05, 3.63) is 238 Å². The summed E-state index contributed by atoms with van der Waals surface area (Å²) in [5.41, 5.74) is 14.2. The molecule has 0 radical (unpaired) electrons. The van der Waals surface area contributed by atoms with E-state index in [1.54, 1.807) is 78.6 Å². The molecule has 10 rings (SSSR count). The summed E-state index contributed by atoms with van der Waals surface area (Å²) in [6, 6.07) is 38.5. The number of thioether (sulfide) groups is 4. The summed E-state index contributed by atoms with van der Waals surface area (Å²) in [5, 5.41) is 39.9. The van der Waals surface area contributed by atoms with Gasteiger partial charge < -0.3 is 15.3 Å². The van der Waals surface area contributed by atoms with Crippen molar-refractivity contribution >= 4 is 118 Å². The van der Waals surface area contributed by atoms with Gasteiger partial charge in [0.05, 0.1) is 11.5 Å². The van der Waals surface area contributed by atoms with Gasteiger partial charge in [-0.1, -0.05) is 110 Å². The maximum Gasteiger partial charge on any atom is 0.310 e. The first-order valence-electron chi connectivity index (χ1n) is 26.3. The molecule has 3 N–H and O–H groups in total. The van der Waals surface area contributed by atoms with E-state index in [2.05, 4.69) is 43.0 Å². The molecular formula is C68H66N2O9S4. The van der Waals surface area contributed by atoms with Crippen LogP contribution < -0.4 is 0 Å². The number of phenolic OH excluding ortho intramolecular Hbond substituents is 3. The summed E-state index contributed by atoms with van der Waals surface area (Å²) in [6.45, 7) is 14.9. The van der Waals surface area contributed by atoms with Gasteiger partial charge in [0.2, 0.25) is 0 Å². The van der Waals surface area contributed by atoms with Gasteiger partial charge in [-0.05, 0) is 139 Å². The third kappa shape index (κ3) is 19.4. The van der Waals surface area contributed by atoms with Crippen LogP contribution in [0.25, 0.3) is 41.3 Å². The van der Waals surface area contributed by atoms with Crippen LogP contribution >= 0.6 is 47.0 Å². The Labute approximate surface area is 503 Å². The van der Waals surface area contributed by atoms with Crippen molar-refractivity contribution in [2.75, 3.05) is 46.0 Å². The molecule has 4 heterocycles. The first kappa shape index (κ1) is 64.3. The molecule has 6 aromatic carbocycles. The predicted molar refractivity (Wildman–Crippen MR) is 349 cm³/mol. The maximum atomic E-state index is 12.8. The Morgan fingerprint density at radius 1 is 0.458 bits per heavy atom. The van der Waals surface area contributed by atoms with Crippen molar-refractivity contribution < 1.29 is 39.4 Å². The smallest absolute Gasteiger partial charge is 0.310 e. The molecule has 15 heteroatoms. The molecule has 0 unspecified atom stereocenters. The fourth-order valence-electron chi connectivity index (χ4n) is 8.69. The number of nitro groups is 1. The molecule has 6 aromatic rings. The summed E-state index contributed by atoms with van der Waals surface area (Å²) in [5.74, 6) is 6.68. The Morgan fingerprint density at radius 2 is 0.807 bits per heavy atom. The number of carbonyl (C=O) groups excluding carboxylic acids is 4. The Balaban J connectivity index is 0.000000182. The van der Waals surface area contributed by atoms with Gasteiger partial charge >= 0.3 is 5.69 Å². The van der Waals surface area contributed by atoms with Gasteiger partial charge in [-0.15, -0.1) is 0 Å². The Kier molecular flexibility index (Phi) is 24.4. The molecule has 83 heavy (non-hydrogen) atoms. The van der Waals surface area contributed by atoms with E-state index in [1.165, 1.54) is 29.3 Å². The lowest BCUT2D eigenvalue weighted by molar-refractivity contribution is -0.385. The highest BCUT2D eigenvalue weighted by Gasteiger charge is 2.23. The van der Waals surface area contributed by atoms with E-state index in [-0.39, 0.29) is 42.0 Å². The highest BCUT2D eigenvalue weighted by Crippen LogP contribution is 2.33. The fraction of sp³-hybridized carbons (Fsp3) is 0.221. The predicted octanol–water partition coefficient (Wildman–Crippen LogP) is 15.9. The lowest BCUT2D eigenvalue weighted by Crippen LogP contribution is -2.16. The average Bonchev–Trinajstić information content (AvgIpc) is 3.62. The van der Waals surface area contributed by atoms with Crippen molar-refractivity contribution in [2.45, 2.75) is 48.0 Å².